The molecule has 0 bridgehead atoms. The van der Waals surface area contributed by atoms with Crippen LogP contribution in [0.1, 0.15) is 102 Å². The van der Waals surface area contributed by atoms with E-state index in [9.17, 15) is 39.6 Å². The van der Waals surface area contributed by atoms with Crippen molar-refractivity contribution >= 4 is 23.8 Å². The zero-order valence-corrected chi connectivity index (χ0v) is 23.7. The lowest BCUT2D eigenvalue weighted by atomic mass is 9.82. The van der Waals surface area contributed by atoms with Crippen LogP contribution in [0.3, 0.4) is 0 Å². The number of amides is 1. The topological polar surface area (TPSA) is 161 Å². The van der Waals surface area contributed by atoms with Crippen molar-refractivity contribution in [2.24, 2.45) is 5.92 Å². The van der Waals surface area contributed by atoms with E-state index in [1.807, 2.05) is 0 Å². The van der Waals surface area contributed by atoms with E-state index in [-0.39, 0.29) is 6.42 Å². The number of carbonyl (C=O) groups is 4. The third-order valence-electron chi connectivity index (χ3n) is 7.04. The van der Waals surface area contributed by atoms with Crippen molar-refractivity contribution in [2.75, 3.05) is 0 Å². The molecule has 0 aliphatic rings. The van der Waals surface area contributed by atoms with Crippen molar-refractivity contribution < 1.29 is 39.6 Å². The Hall–Kier alpha value is -3.20. The number of carboxylic acid groups (broad SMARTS) is 3. The van der Waals surface area contributed by atoms with Gasteiger partial charge in [-0.3, -0.25) is 9.59 Å². The summed E-state index contributed by atoms with van der Waals surface area (Å²) in [6, 6.07) is 7.16. The highest BCUT2D eigenvalue weighted by atomic mass is 16.4. The average molecular weight is 562 g/mol. The molecule has 40 heavy (non-hydrogen) atoms. The summed E-state index contributed by atoms with van der Waals surface area (Å²) in [7, 11) is 0. The summed E-state index contributed by atoms with van der Waals surface area (Å²) < 4.78 is 0. The summed E-state index contributed by atoms with van der Waals surface area (Å²) in [4.78, 5) is 48.2. The molecule has 3 atom stereocenters. The van der Waals surface area contributed by atoms with Gasteiger partial charge in [-0.2, -0.15) is 0 Å². The van der Waals surface area contributed by atoms with Gasteiger partial charge in [0.15, 0.2) is 5.60 Å². The Labute approximate surface area is 237 Å². The summed E-state index contributed by atoms with van der Waals surface area (Å²) in [5.41, 5.74) is -2.31. The number of rotatable bonds is 23. The highest BCUT2D eigenvalue weighted by molar-refractivity contribution is 5.94. The van der Waals surface area contributed by atoms with E-state index in [0.29, 0.717) is 12.0 Å². The number of aliphatic hydroxyl groups is 1. The number of hydrogen-bond donors (Lipinski definition) is 5. The van der Waals surface area contributed by atoms with Crippen LogP contribution >= 0.6 is 0 Å². The maximum Gasteiger partial charge on any atom is 0.337 e. The van der Waals surface area contributed by atoms with Gasteiger partial charge in [-0.25, -0.2) is 9.59 Å². The second-order valence-electron chi connectivity index (χ2n) is 10.5. The SMILES string of the molecule is CCCCCCCCCCCCCC/C=C\C(C(=O)N[C@@H](Cc1ccccc1)C(=O)O)C(O)(CC(=O)O)C(=O)O. The molecule has 0 spiro atoms. The predicted molar refractivity (Wildman–Crippen MR) is 153 cm³/mol. The van der Waals surface area contributed by atoms with Crippen LogP contribution in [0.25, 0.3) is 0 Å². The van der Waals surface area contributed by atoms with E-state index in [2.05, 4.69) is 12.2 Å². The van der Waals surface area contributed by atoms with E-state index in [0.717, 1.165) is 25.7 Å². The van der Waals surface area contributed by atoms with Crippen molar-refractivity contribution in [3.8, 4) is 0 Å². The zero-order chi connectivity index (χ0) is 29.8. The molecule has 0 saturated carbocycles. The molecule has 0 saturated heterocycles. The number of aliphatic carboxylic acids is 3. The average Bonchev–Trinajstić information content (AvgIpc) is 2.90. The van der Waals surface area contributed by atoms with Gasteiger partial charge in [0.2, 0.25) is 5.91 Å². The molecule has 0 heterocycles. The molecule has 9 nitrogen and oxygen atoms in total. The predicted octanol–water partition coefficient (Wildman–Crippen LogP) is 5.35. The number of benzene rings is 1. The highest BCUT2D eigenvalue weighted by Crippen LogP contribution is 2.26. The first kappa shape index (κ1) is 34.8. The molecule has 224 valence electrons. The normalized spacial score (nSPS) is 14.3. The van der Waals surface area contributed by atoms with Crippen LogP contribution in [0.5, 0.6) is 0 Å². The largest absolute Gasteiger partial charge is 0.481 e. The first-order chi connectivity index (χ1) is 19.1. The summed E-state index contributed by atoms with van der Waals surface area (Å²) in [6.07, 6.45) is 16.1. The Morgan fingerprint density at radius 1 is 0.825 bits per heavy atom. The Balaban J connectivity index is 2.71. The van der Waals surface area contributed by atoms with Crippen LogP contribution < -0.4 is 5.32 Å². The van der Waals surface area contributed by atoms with Gasteiger partial charge in [0.25, 0.3) is 0 Å². The first-order valence-electron chi connectivity index (χ1n) is 14.5. The second-order valence-corrected chi connectivity index (χ2v) is 10.5. The summed E-state index contributed by atoms with van der Waals surface area (Å²) >= 11 is 0. The van der Waals surface area contributed by atoms with Crippen molar-refractivity contribution in [3.63, 3.8) is 0 Å². The van der Waals surface area contributed by atoms with Gasteiger partial charge in [-0.1, -0.05) is 120 Å². The standard InChI is InChI=1S/C31H47NO8/c1-2-3-4-5-6-7-8-9-10-11-12-13-14-18-21-25(31(40,30(38)39)23-27(33)34)28(35)32-26(29(36)37)22-24-19-16-15-17-20-24/h15-21,25-26,40H,2-14,22-23H2,1H3,(H,32,35)(H,33,34)(H,36,37)(H,38,39)/b21-18-/t25?,26-,31?/m0/s1. The summed E-state index contributed by atoms with van der Waals surface area (Å²) in [5.74, 6) is -7.68. The van der Waals surface area contributed by atoms with Gasteiger partial charge in [0, 0.05) is 6.42 Å². The lowest BCUT2D eigenvalue weighted by molar-refractivity contribution is -0.172. The summed E-state index contributed by atoms with van der Waals surface area (Å²) in [6.45, 7) is 2.21. The van der Waals surface area contributed by atoms with E-state index in [4.69, 9.17) is 0 Å². The molecular formula is C31H47NO8. The van der Waals surface area contributed by atoms with E-state index >= 15 is 0 Å². The minimum absolute atomic E-state index is 0.0678. The lowest BCUT2D eigenvalue weighted by Gasteiger charge is -2.29. The van der Waals surface area contributed by atoms with Gasteiger partial charge in [-0.15, -0.1) is 0 Å². The zero-order valence-electron chi connectivity index (χ0n) is 23.7. The molecule has 0 radical (unpaired) electrons. The third kappa shape index (κ3) is 13.7. The molecule has 2 unspecified atom stereocenters. The van der Waals surface area contributed by atoms with Gasteiger partial charge in [0.1, 0.15) is 6.04 Å². The molecule has 1 aromatic rings. The number of carbonyl (C=O) groups excluding carboxylic acids is 1. The minimum atomic E-state index is -2.95. The quantitative estimate of drug-likeness (QED) is 0.0882. The number of hydrogen-bond acceptors (Lipinski definition) is 5. The van der Waals surface area contributed by atoms with Gasteiger partial charge in [0.05, 0.1) is 12.3 Å². The summed E-state index contributed by atoms with van der Waals surface area (Å²) in [5, 5.41) is 41.6. The van der Waals surface area contributed by atoms with Crippen molar-refractivity contribution in [1.29, 1.82) is 0 Å². The van der Waals surface area contributed by atoms with Gasteiger partial charge in [-0.05, 0) is 18.4 Å². The van der Waals surface area contributed by atoms with Crippen LogP contribution in [0.2, 0.25) is 0 Å². The molecule has 0 fully saturated rings. The minimum Gasteiger partial charge on any atom is -0.481 e. The molecule has 0 aliphatic carbocycles. The fourth-order valence-corrected chi connectivity index (χ4v) is 4.66. The van der Waals surface area contributed by atoms with Crippen LogP contribution in [0.4, 0.5) is 0 Å². The fourth-order valence-electron chi connectivity index (χ4n) is 4.66. The molecule has 5 N–H and O–H groups in total. The van der Waals surface area contributed by atoms with Crippen LogP contribution in [0.15, 0.2) is 42.5 Å². The molecule has 9 heteroatoms. The van der Waals surface area contributed by atoms with Crippen LogP contribution in [-0.4, -0.2) is 55.9 Å². The van der Waals surface area contributed by atoms with Gasteiger partial charge < -0.3 is 25.7 Å². The number of allylic oxidation sites excluding steroid dienone is 1. The maximum atomic E-state index is 13.1. The van der Waals surface area contributed by atoms with Crippen molar-refractivity contribution in [2.45, 2.75) is 115 Å². The molecule has 0 aliphatic heterocycles. The molecular weight excluding hydrogens is 514 g/mol. The third-order valence-corrected chi connectivity index (χ3v) is 7.04. The number of carboxylic acids is 3. The highest BCUT2D eigenvalue weighted by Gasteiger charge is 2.49. The van der Waals surface area contributed by atoms with Crippen molar-refractivity contribution in [1.82, 2.24) is 5.32 Å². The van der Waals surface area contributed by atoms with E-state index < -0.39 is 47.8 Å². The smallest absolute Gasteiger partial charge is 0.337 e. The van der Waals surface area contributed by atoms with Crippen molar-refractivity contribution in [3.05, 3.63) is 48.0 Å². The van der Waals surface area contributed by atoms with E-state index in [1.54, 1.807) is 36.4 Å². The molecule has 1 amide bonds. The molecule has 0 aromatic heterocycles. The Bertz CT molecular complexity index is 933. The van der Waals surface area contributed by atoms with E-state index in [1.165, 1.54) is 57.4 Å². The Kier molecular flexibility index (Phi) is 17.2. The van der Waals surface area contributed by atoms with Crippen LogP contribution in [0, 0.1) is 5.92 Å². The monoisotopic (exact) mass is 561 g/mol. The Morgan fingerprint density at radius 2 is 1.35 bits per heavy atom. The maximum absolute atomic E-state index is 13.1. The Morgan fingerprint density at radius 3 is 1.82 bits per heavy atom. The first-order valence-corrected chi connectivity index (χ1v) is 14.5. The molecule has 1 rings (SSSR count). The van der Waals surface area contributed by atoms with Crippen LogP contribution in [-0.2, 0) is 25.6 Å². The lowest BCUT2D eigenvalue weighted by Crippen LogP contribution is -2.55. The van der Waals surface area contributed by atoms with Gasteiger partial charge >= 0.3 is 17.9 Å². The second kappa shape index (κ2) is 19.8. The number of unbranched alkanes of at least 4 members (excludes halogenated alkanes) is 12. The fraction of sp³-hybridized carbons (Fsp3) is 0.613. The number of nitrogens with one attached hydrogen (secondary N) is 1. The molecule has 1 aromatic carbocycles.